The van der Waals surface area contributed by atoms with Gasteiger partial charge in [-0.3, -0.25) is 0 Å². The molecule has 0 aliphatic heterocycles. The first-order chi connectivity index (χ1) is 67.8. The van der Waals surface area contributed by atoms with E-state index in [1.807, 2.05) is 12.1 Å². The van der Waals surface area contributed by atoms with Gasteiger partial charge in [0, 0.05) is 71.9 Å². The van der Waals surface area contributed by atoms with Crippen LogP contribution >= 0.6 is 0 Å². The highest BCUT2D eigenvalue weighted by Gasteiger charge is 2.46. The Bertz CT molecular complexity index is 8920. The third-order valence-corrected chi connectivity index (χ3v) is 30.0. The van der Waals surface area contributed by atoms with Gasteiger partial charge in [0.1, 0.15) is 11.2 Å². The molecule has 6 heteroatoms. The van der Waals surface area contributed by atoms with Crippen molar-refractivity contribution in [2.45, 2.75) is 79.1 Å². The van der Waals surface area contributed by atoms with Crippen molar-refractivity contribution >= 4 is 177 Å². The van der Waals surface area contributed by atoms with Gasteiger partial charge in [0.05, 0.1) is 39.5 Å². The number of nitrogens with zero attached hydrogens (tertiary/aromatic N) is 4. The molecule has 6 nitrogen and oxygen atoms in total. The Hall–Kier alpha value is -16.8. The van der Waals surface area contributed by atoms with E-state index in [1.165, 1.54) is 177 Å². The molecule has 0 unspecified atom stereocenters. The fraction of sp³-hybridized carbons (Fsp3) is 0.0909. The smallest absolute Gasteiger partial charge is 0.159 e. The van der Waals surface area contributed by atoms with Crippen molar-refractivity contribution in [2.24, 2.45) is 0 Å². The van der Waals surface area contributed by atoms with Crippen LogP contribution in [0.5, 0.6) is 0 Å². The van der Waals surface area contributed by atoms with E-state index in [2.05, 4.69) is 500 Å². The molecular weight excluding hydrogens is 1670 g/mol. The maximum atomic E-state index is 6.83. The molecule has 0 saturated carbocycles. The topological polar surface area (TPSA) is 39.2 Å². The van der Waals surface area contributed by atoms with Crippen LogP contribution in [-0.2, 0) is 10.8 Å². The standard InChI is InChI=1S/C73H46N2O2.C59H54N2/c1-5-22-47(23-6-1)73(48-24-7-2-8-25-48)63-37-19-34-57-61-46-67(75(50-28-11-4-12-29-50)66-39-21-36-59-56-33-16-18-41-69(56)77-72(59)66)54-31-14-13-30-52(54)60(61)45-62(70(57)63)53-43-42-51(44-64(53)73)74(49-26-9-3-10-27-49)65-38-20-35-58-55-32-15-17-40-68(55)76-71(58)65;1-9-59(10-2)53-27-19-26-49-51-36-55(61(44-22-15-12-16-23-44)58-41(7)32-38(4)33-42(58)8)48-25-18-17-24-46(48)50(51)35-52(56(49)53)47-29-28-45(34-54(47)59)60(43-20-13-11-14-21-43)57-39(5)30-37(3)31-40(57)6/h1-46H;11-36H,9-10H2,1-8H3. The second-order valence-corrected chi connectivity index (χ2v) is 37.8. The van der Waals surface area contributed by atoms with E-state index in [9.17, 15) is 0 Å². The van der Waals surface area contributed by atoms with Gasteiger partial charge in [-0.1, -0.05) is 340 Å². The average molecular weight is 1770 g/mol. The Kier molecular flexibility index (Phi) is 19.9. The Labute approximate surface area is 804 Å². The van der Waals surface area contributed by atoms with Crippen LogP contribution in [0.4, 0.5) is 68.2 Å². The summed E-state index contributed by atoms with van der Waals surface area (Å²) in [5.41, 5.74) is 36.3. The van der Waals surface area contributed by atoms with Gasteiger partial charge in [-0.15, -0.1) is 0 Å². The molecule has 2 aliphatic rings. The number of fused-ring (bicyclic) bond motifs is 18. The number of furan rings is 2. The van der Waals surface area contributed by atoms with Crippen LogP contribution < -0.4 is 19.6 Å². The van der Waals surface area contributed by atoms with E-state index in [1.54, 1.807) is 0 Å². The minimum Gasteiger partial charge on any atom is -0.454 e. The first kappa shape index (κ1) is 83.1. The minimum atomic E-state index is -0.742. The largest absolute Gasteiger partial charge is 0.454 e. The van der Waals surface area contributed by atoms with Crippen LogP contribution in [0.2, 0.25) is 0 Å². The Morgan fingerprint density at radius 2 is 0.543 bits per heavy atom. The zero-order chi connectivity index (χ0) is 92.8. The van der Waals surface area contributed by atoms with Gasteiger partial charge in [-0.2, -0.15) is 0 Å². The number of anilines is 12. The molecule has 0 saturated heterocycles. The minimum absolute atomic E-state index is 0.170. The molecule has 660 valence electrons. The number of rotatable bonds is 16. The predicted molar refractivity (Wildman–Crippen MR) is 584 cm³/mol. The maximum Gasteiger partial charge on any atom is 0.159 e. The third kappa shape index (κ3) is 12.9. The molecule has 24 aromatic rings. The van der Waals surface area contributed by atoms with Gasteiger partial charge in [-0.05, 0) is 307 Å². The molecule has 2 aliphatic carbocycles. The maximum absolute atomic E-state index is 6.83. The van der Waals surface area contributed by atoms with E-state index in [0.717, 1.165) is 102 Å². The lowest BCUT2D eigenvalue weighted by Gasteiger charge is -2.43. The summed E-state index contributed by atoms with van der Waals surface area (Å²) in [6.45, 7) is 18.2. The van der Waals surface area contributed by atoms with E-state index in [-0.39, 0.29) is 5.41 Å². The van der Waals surface area contributed by atoms with Gasteiger partial charge in [0.15, 0.2) is 11.2 Å². The summed E-state index contributed by atoms with van der Waals surface area (Å²) < 4.78 is 13.6. The lowest BCUT2D eigenvalue weighted by atomic mass is 9.59. The molecule has 2 heterocycles. The van der Waals surface area contributed by atoms with E-state index in [4.69, 9.17) is 8.83 Å². The number of para-hydroxylation sites is 8. The van der Waals surface area contributed by atoms with Crippen LogP contribution in [0, 0.1) is 41.5 Å². The number of hydrogen-bond acceptors (Lipinski definition) is 6. The molecule has 22 aromatic carbocycles. The first-order valence-electron chi connectivity index (χ1n) is 48.5. The van der Waals surface area contributed by atoms with Crippen molar-refractivity contribution in [3.05, 3.63) is 504 Å². The zero-order valence-electron chi connectivity index (χ0n) is 78.6. The van der Waals surface area contributed by atoms with Gasteiger partial charge in [-0.25, -0.2) is 0 Å². The lowest BCUT2D eigenvalue weighted by Crippen LogP contribution is -2.34. The SMILES string of the molecule is CCC1(CC)c2cc(N(c3ccccc3)c3c(C)cc(C)cc3C)ccc2-c2cc3c4ccccc4c(N(c4ccccc4)c4c(C)cc(C)cc4C)cc3c3cccc1c23.c1ccc(N(c2ccc3c(c2)C(c2ccccc2)(c2ccccc2)c2cccc4c2c-3cc2c3ccccc3c(N(c3ccccc3)c3cccc5c3oc3ccccc35)cc42)c2cccc3c2oc2ccccc23)cc1. The number of benzene rings is 22. The molecular formula is C132H100N4O2. The summed E-state index contributed by atoms with van der Waals surface area (Å²) in [7, 11) is 0. The van der Waals surface area contributed by atoms with Crippen LogP contribution in [0.15, 0.2) is 446 Å². The van der Waals surface area contributed by atoms with E-state index < -0.39 is 5.41 Å². The molecule has 26 rings (SSSR count). The van der Waals surface area contributed by atoms with Crippen molar-refractivity contribution in [1.29, 1.82) is 0 Å². The van der Waals surface area contributed by atoms with E-state index >= 15 is 0 Å². The molecule has 0 bridgehead atoms. The zero-order valence-corrected chi connectivity index (χ0v) is 78.6. The Morgan fingerprint density at radius 1 is 0.210 bits per heavy atom. The Morgan fingerprint density at radius 3 is 1.01 bits per heavy atom. The lowest BCUT2D eigenvalue weighted by molar-refractivity contribution is 0.481. The van der Waals surface area contributed by atoms with Gasteiger partial charge in [0.25, 0.3) is 0 Å². The van der Waals surface area contributed by atoms with Crippen molar-refractivity contribution in [3.8, 4) is 22.3 Å². The summed E-state index contributed by atoms with van der Waals surface area (Å²) in [5.74, 6) is 0. The fourth-order valence-corrected chi connectivity index (χ4v) is 24.4. The number of hydrogen-bond donors (Lipinski definition) is 0. The summed E-state index contributed by atoms with van der Waals surface area (Å²) in [5, 5.41) is 19.3. The third-order valence-electron chi connectivity index (χ3n) is 30.0. The summed E-state index contributed by atoms with van der Waals surface area (Å²) in [6.07, 6.45) is 2.00. The molecule has 0 spiro atoms. The second-order valence-electron chi connectivity index (χ2n) is 37.8. The molecule has 0 N–H and O–H groups in total. The molecule has 0 atom stereocenters. The monoisotopic (exact) mass is 1770 g/mol. The normalized spacial score (nSPS) is 12.8. The van der Waals surface area contributed by atoms with Crippen molar-refractivity contribution in [3.63, 3.8) is 0 Å². The van der Waals surface area contributed by atoms with Crippen LogP contribution in [-0.4, -0.2) is 0 Å². The van der Waals surface area contributed by atoms with Crippen LogP contribution in [0.3, 0.4) is 0 Å². The fourth-order valence-electron chi connectivity index (χ4n) is 24.4. The molecule has 138 heavy (non-hydrogen) atoms. The van der Waals surface area contributed by atoms with Gasteiger partial charge >= 0.3 is 0 Å². The summed E-state index contributed by atoms with van der Waals surface area (Å²) in [6, 6.07) is 161. The van der Waals surface area contributed by atoms with Gasteiger partial charge in [0.2, 0.25) is 0 Å². The molecule has 2 aromatic heterocycles. The highest BCUT2D eigenvalue weighted by molar-refractivity contribution is 6.28. The summed E-state index contributed by atoms with van der Waals surface area (Å²) in [4.78, 5) is 9.78. The highest BCUT2D eigenvalue weighted by atomic mass is 16.3. The van der Waals surface area contributed by atoms with Crippen molar-refractivity contribution in [1.82, 2.24) is 0 Å². The van der Waals surface area contributed by atoms with Crippen molar-refractivity contribution < 1.29 is 8.83 Å². The molecule has 0 fully saturated rings. The first-order valence-corrected chi connectivity index (χ1v) is 48.5. The van der Waals surface area contributed by atoms with Crippen LogP contribution in [0.1, 0.15) is 93.5 Å². The number of aryl methyl sites for hydroxylation is 6. The predicted octanol–water partition coefficient (Wildman–Crippen LogP) is 37.3. The van der Waals surface area contributed by atoms with Crippen LogP contribution in [0.25, 0.3) is 131 Å². The van der Waals surface area contributed by atoms with E-state index in [0.29, 0.717) is 0 Å². The highest BCUT2D eigenvalue weighted by Crippen LogP contribution is 2.62. The molecule has 0 radical (unpaired) electrons. The summed E-state index contributed by atoms with van der Waals surface area (Å²) >= 11 is 0. The van der Waals surface area contributed by atoms with Gasteiger partial charge < -0.3 is 28.4 Å². The average Bonchev–Trinajstić information content (AvgIpc) is 0.719. The quantitative estimate of drug-likeness (QED) is 0.0898. The Balaban J connectivity index is 0.000000151. The molecule has 0 amide bonds. The second kappa shape index (κ2) is 33.1. The van der Waals surface area contributed by atoms with Crippen molar-refractivity contribution in [2.75, 3.05) is 19.6 Å².